The molecule has 1 unspecified atom stereocenters. The summed E-state index contributed by atoms with van der Waals surface area (Å²) in [5.41, 5.74) is 7.63. The van der Waals surface area contributed by atoms with Crippen LogP contribution in [0.4, 0.5) is 5.82 Å². The number of anilines is 1. The third-order valence-electron chi connectivity index (χ3n) is 11.7. The maximum absolute atomic E-state index is 11.6. The summed E-state index contributed by atoms with van der Waals surface area (Å²) in [5.74, 6) is 1.97. The molecule has 3 aliphatic rings. The molecule has 2 aliphatic heterocycles. The van der Waals surface area contributed by atoms with Crippen molar-refractivity contribution in [3.05, 3.63) is 118 Å². The molecule has 9 heteroatoms. The molecule has 55 heavy (non-hydrogen) atoms. The molecule has 0 spiro atoms. The molecule has 3 heterocycles. The first-order chi connectivity index (χ1) is 26.8. The number of nitrogens with one attached hydrogen (secondary N) is 1. The SMILES string of the molecule is COc1c(O)c2c(c(CCc3cccc(-c4cc(C5(C)CCCC5)[n-]c4N4CCNCC4)c3)c1OCCc1ccccc1)OC(c1ccc(O)cc1)CC2=[OH+]. The Morgan fingerprint density at radius 2 is 1.64 bits per heavy atom. The van der Waals surface area contributed by atoms with Crippen LogP contribution in [0.3, 0.4) is 0 Å². The van der Waals surface area contributed by atoms with E-state index in [9.17, 15) is 15.0 Å². The summed E-state index contributed by atoms with van der Waals surface area (Å²) >= 11 is 0. The lowest BCUT2D eigenvalue weighted by Gasteiger charge is -2.38. The van der Waals surface area contributed by atoms with E-state index in [2.05, 4.69) is 59.6 Å². The van der Waals surface area contributed by atoms with E-state index in [0.29, 0.717) is 42.9 Å². The van der Waals surface area contributed by atoms with Crippen LogP contribution >= 0.6 is 0 Å². The molecule has 1 aliphatic carbocycles. The van der Waals surface area contributed by atoms with Gasteiger partial charge < -0.3 is 39.6 Å². The number of aromatic hydroxyl groups is 2. The summed E-state index contributed by atoms with van der Waals surface area (Å²) in [6, 6.07) is 28.0. The van der Waals surface area contributed by atoms with E-state index in [1.54, 1.807) is 24.3 Å². The highest BCUT2D eigenvalue weighted by Crippen LogP contribution is 2.53. The van der Waals surface area contributed by atoms with Gasteiger partial charge in [0.05, 0.1) is 13.7 Å². The number of aromatic nitrogens is 1. The standard InChI is InChI=1S/C46H50N3O6/c1-46(20-6-7-21-46)39-28-36(45(48-39)49-24-22-47-23-25-49)33-12-8-11-31(27-33)13-18-35-42-40(37(51)29-38(55-42)32-14-16-34(50)17-15-32)41(52)44(53-2)43(35)54-26-19-30-9-4-3-5-10-30/h3-5,8-12,14-17,27-28,38,47,50H,6-7,13,18-26,29H2,1-2H3,(H,51,52)/q-1/p+1. The zero-order chi connectivity index (χ0) is 37.9. The van der Waals surface area contributed by atoms with Crippen molar-refractivity contribution < 1.29 is 29.2 Å². The molecule has 1 saturated heterocycles. The molecule has 0 amide bonds. The molecule has 1 saturated carbocycles. The summed E-state index contributed by atoms with van der Waals surface area (Å²) in [4.78, 5) is 19.3. The Morgan fingerprint density at radius 3 is 2.38 bits per heavy atom. The number of phenols is 2. The van der Waals surface area contributed by atoms with Gasteiger partial charge in [0.25, 0.3) is 0 Å². The highest BCUT2D eigenvalue weighted by Gasteiger charge is 2.40. The van der Waals surface area contributed by atoms with Gasteiger partial charge in [0.1, 0.15) is 24.0 Å². The van der Waals surface area contributed by atoms with Crippen molar-refractivity contribution in [2.24, 2.45) is 0 Å². The van der Waals surface area contributed by atoms with Gasteiger partial charge in [-0.2, -0.15) is 0 Å². The Kier molecular flexibility index (Phi) is 10.5. The van der Waals surface area contributed by atoms with E-state index in [1.807, 2.05) is 18.2 Å². The molecule has 9 nitrogen and oxygen atoms in total. The smallest absolute Gasteiger partial charge is 0.335 e. The first kappa shape index (κ1) is 36.6. The number of benzene rings is 4. The second-order valence-electron chi connectivity index (χ2n) is 15.4. The van der Waals surface area contributed by atoms with Gasteiger partial charge in [-0.05, 0) is 97.2 Å². The van der Waals surface area contributed by atoms with Gasteiger partial charge in [-0.1, -0.05) is 104 Å². The monoisotopic (exact) mass is 741 g/mol. The van der Waals surface area contributed by atoms with Gasteiger partial charge in [0.2, 0.25) is 5.75 Å². The first-order valence-electron chi connectivity index (χ1n) is 19.7. The number of carbonyl (C=O) groups excluding carboxylic acids is 1. The number of nitrogens with zero attached hydrogens (tertiary/aromatic N) is 2. The molecule has 1 aromatic heterocycles. The minimum Gasteiger partial charge on any atom is -0.508 e. The number of ether oxygens (including phenoxy) is 3. The molecule has 0 bridgehead atoms. The predicted octanol–water partition coefficient (Wildman–Crippen LogP) is 7.80. The summed E-state index contributed by atoms with van der Waals surface area (Å²) in [6.45, 7) is 6.46. The Balaban J connectivity index is 1.15. The normalized spacial score (nSPS) is 17.8. The molecular formula is C46H51N3O6. The fourth-order valence-corrected chi connectivity index (χ4v) is 8.56. The zero-order valence-corrected chi connectivity index (χ0v) is 31.8. The average molecular weight is 742 g/mol. The molecule has 2 fully saturated rings. The van der Waals surface area contributed by atoms with Crippen molar-refractivity contribution in [3.63, 3.8) is 0 Å². The summed E-state index contributed by atoms with van der Waals surface area (Å²) in [6.07, 6.45) is 6.23. The lowest BCUT2D eigenvalue weighted by molar-refractivity contribution is 0.195. The Labute approximate surface area is 323 Å². The van der Waals surface area contributed by atoms with Crippen LogP contribution in [0.2, 0.25) is 0 Å². The van der Waals surface area contributed by atoms with Crippen molar-refractivity contribution in [2.45, 2.75) is 69.8 Å². The van der Waals surface area contributed by atoms with Crippen LogP contribution in [-0.2, 0) is 24.7 Å². The van der Waals surface area contributed by atoms with Crippen LogP contribution in [0, 0.1) is 0 Å². The maximum Gasteiger partial charge on any atom is 0.335 e. The predicted molar refractivity (Wildman–Crippen MR) is 216 cm³/mol. The van der Waals surface area contributed by atoms with Crippen LogP contribution in [0.5, 0.6) is 28.7 Å². The van der Waals surface area contributed by atoms with E-state index >= 15 is 0 Å². The number of hydrogen-bond donors (Lipinski definition) is 3. The zero-order valence-electron chi connectivity index (χ0n) is 31.8. The van der Waals surface area contributed by atoms with Crippen LogP contribution in [0.25, 0.3) is 11.1 Å². The minimum absolute atomic E-state index is 0.00474. The largest absolute Gasteiger partial charge is 0.508 e. The summed E-state index contributed by atoms with van der Waals surface area (Å²) in [5, 5.41) is 25.0. The molecule has 1 atom stereocenters. The van der Waals surface area contributed by atoms with E-state index < -0.39 is 6.10 Å². The third kappa shape index (κ3) is 7.50. The number of piperazine rings is 1. The van der Waals surface area contributed by atoms with E-state index in [0.717, 1.165) is 54.3 Å². The Hall–Kier alpha value is -5.41. The molecule has 4 N–H and O–H groups in total. The van der Waals surface area contributed by atoms with Gasteiger partial charge in [-0.3, -0.25) is 4.79 Å². The highest BCUT2D eigenvalue weighted by atomic mass is 16.5. The Bertz CT molecular complexity index is 2130. The van der Waals surface area contributed by atoms with Crippen molar-refractivity contribution >= 4 is 11.6 Å². The number of aryl methyl sites for hydroxylation is 1. The molecule has 286 valence electrons. The van der Waals surface area contributed by atoms with Crippen molar-refractivity contribution in [1.29, 1.82) is 0 Å². The van der Waals surface area contributed by atoms with Gasteiger partial charge in [-0.15, -0.1) is 0 Å². The van der Waals surface area contributed by atoms with Crippen LogP contribution in [0.1, 0.15) is 78.6 Å². The van der Waals surface area contributed by atoms with Crippen molar-refractivity contribution in [1.82, 2.24) is 10.3 Å². The van der Waals surface area contributed by atoms with Gasteiger partial charge in [0, 0.05) is 12.0 Å². The van der Waals surface area contributed by atoms with Gasteiger partial charge >= 0.3 is 5.78 Å². The quantitative estimate of drug-likeness (QED) is 0.111. The molecular weight excluding hydrogens is 691 g/mol. The molecule has 4 aromatic carbocycles. The van der Waals surface area contributed by atoms with Crippen LogP contribution < -0.4 is 29.4 Å². The average Bonchev–Trinajstić information content (AvgIpc) is 3.87. The summed E-state index contributed by atoms with van der Waals surface area (Å²) < 4.78 is 19.0. The fraction of sp³-hybridized carbons (Fsp3) is 0.370. The van der Waals surface area contributed by atoms with Crippen LogP contribution in [0.15, 0.2) is 84.9 Å². The number of fused-ring (bicyclic) bond motifs is 1. The molecule has 5 aromatic rings. The lowest BCUT2D eigenvalue weighted by atomic mass is 9.85. The lowest BCUT2D eigenvalue weighted by Crippen LogP contribution is -2.44. The van der Waals surface area contributed by atoms with Gasteiger partial charge in [0.15, 0.2) is 17.1 Å². The maximum atomic E-state index is 11.6. The topological polar surface area (TPSA) is 119 Å². The van der Waals surface area contributed by atoms with Crippen LogP contribution in [-0.4, -0.2) is 60.7 Å². The number of methoxy groups -OCH3 is 1. The minimum atomic E-state index is -0.538. The van der Waals surface area contributed by atoms with E-state index in [-0.39, 0.29) is 40.4 Å². The molecule has 8 rings (SSSR count). The molecule has 0 radical (unpaired) electrons. The fourth-order valence-electron chi connectivity index (χ4n) is 8.56. The van der Waals surface area contributed by atoms with E-state index in [1.165, 1.54) is 44.1 Å². The van der Waals surface area contributed by atoms with Crippen molar-refractivity contribution in [3.8, 4) is 39.9 Å². The number of ketones is 1. The second-order valence-corrected chi connectivity index (χ2v) is 15.4. The summed E-state index contributed by atoms with van der Waals surface area (Å²) in [7, 11) is 1.50. The third-order valence-corrected chi connectivity index (χ3v) is 11.7. The first-order valence-corrected chi connectivity index (χ1v) is 19.7. The number of rotatable bonds is 12. The second kappa shape index (κ2) is 15.7. The number of hydrogen-bond acceptors (Lipinski definition) is 7. The van der Waals surface area contributed by atoms with Gasteiger partial charge in [-0.25, -0.2) is 0 Å². The Morgan fingerprint density at radius 1 is 0.891 bits per heavy atom. The van der Waals surface area contributed by atoms with E-state index in [4.69, 9.17) is 19.2 Å². The highest BCUT2D eigenvalue weighted by molar-refractivity contribution is 6.05. The number of phenolic OH excluding ortho intramolecular Hbond substituents is 2. The van der Waals surface area contributed by atoms with Crippen molar-refractivity contribution in [2.75, 3.05) is 44.8 Å².